The molecule has 0 aliphatic carbocycles. The standard InChI is InChI=1S/C13H17ClF2O/c1-8(2)9(3)10-5-6-11(14)12(7-10)17-13(4,15)16/h5-9H,1-4H3. The lowest BCUT2D eigenvalue weighted by atomic mass is 9.90. The van der Waals surface area contributed by atoms with Crippen molar-refractivity contribution < 1.29 is 13.5 Å². The van der Waals surface area contributed by atoms with Crippen molar-refractivity contribution >= 4 is 11.6 Å². The number of hydrogen-bond acceptors (Lipinski definition) is 1. The molecule has 1 rings (SSSR count). The van der Waals surface area contributed by atoms with Crippen LogP contribution in [0, 0.1) is 5.92 Å². The van der Waals surface area contributed by atoms with Gasteiger partial charge in [-0.25, -0.2) is 0 Å². The highest BCUT2D eigenvalue weighted by Crippen LogP contribution is 2.34. The number of hydrogen-bond donors (Lipinski definition) is 0. The highest BCUT2D eigenvalue weighted by atomic mass is 35.5. The van der Waals surface area contributed by atoms with Crippen LogP contribution in [0.15, 0.2) is 18.2 Å². The topological polar surface area (TPSA) is 9.23 Å². The van der Waals surface area contributed by atoms with Crippen LogP contribution < -0.4 is 4.74 Å². The molecule has 0 N–H and O–H groups in total. The van der Waals surface area contributed by atoms with Gasteiger partial charge in [-0.3, -0.25) is 0 Å². The summed E-state index contributed by atoms with van der Waals surface area (Å²) in [6, 6.07) is 5.02. The van der Waals surface area contributed by atoms with E-state index in [0.717, 1.165) is 5.56 Å². The van der Waals surface area contributed by atoms with Gasteiger partial charge in [0.15, 0.2) is 0 Å². The fourth-order valence-corrected chi connectivity index (χ4v) is 1.62. The first-order valence-electron chi connectivity index (χ1n) is 5.57. The van der Waals surface area contributed by atoms with Crippen LogP contribution in [0.1, 0.15) is 39.2 Å². The molecule has 0 saturated heterocycles. The van der Waals surface area contributed by atoms with Crippen molar-refractivity contribution in [1.29, 1.82) is 0 Å². The largest absolute Gasteiger partial charge is 0.431 e. The molecule has 0 fully saturated rings. The summed E-state index contributed by atoms with van der Waals surface area (Å²) in [5, 5.41) is 0.200. The van der Waals surface area contributed by atoms with Gasteiger partial charge in [0.05, 0.1) is 5.02 Å². The van der Waals surface area contributed by atoms with Crippen molar-refractivity contribution in [3.8, 4) is 5.75 Å². The summed E-state index contributed by atoms with van der Waals surface area (Å²) in [4.78, 5) is 0. The Morgan fingerprint density at radius 1 is 1.24 bits per heavy atom. The van der Waals surface area contributed by atoms with Crippen LogP contribution in [0.5, 0.6) is 5.75 Å². The monoisotopic (exact) mass is 262 g/mol. The lowest BCUT2D eigenvalue weighted by Gasteiger charge is -2.19. The maximum absolute atomic E-state index is 12.8. The molecule has 0 saturated carbocycles. The van der Waals surface area contributed by atoms with Gasteiger partial charge in [0.25, 0.3) is 0 Å². The Kier molecular flexibility index (Phi) is 4.36. The Bertz CT molecular complexity index is 385. The molecule has 1 nitrogen and oxygen atoms in total. The van der Waals surface area contributed by atoms with Crippen molar-refractivity contribution in [2.75, 3.05) is 0 Å². The third-order valence-electron chi connectivity index (χ3n) is 2.77. The van der Waals surface area contributed by atoms with Gasteiger partial charge in [0.1, 0.15) is 5.75 Å². The van der Waals surface area contributed by atoms with Gasteiger partial charge in [0, 0.05) is 6.92 Å². The van der Waals surface area contributed by atoms with Gasteiger partial charge in [-0.1, -0.05) is 38.4 Å². The van der Waals surface area contributed by atoms with E-state index in [1.807, 2.05) is 13.0 Å². The molecular weight excluding hydrogens is 246 g/mol. The summed E-state index contributed by atoms with van der Waals surface area (Å²) in [5.41, 5.74) is 0.948. The van der Waals surface area contributed by atoms with E-state index < -0.39 is 6.11 Å². The number of alkyl halides is 2. The molecular formula is C13H17ClF2O. The second-order valence-corrected chi connectivity index (χ2v) is 5.04. The highest BCUT2D eigenvalue weighted by molar-refractivity contribution is 6.32. The van der Waals surface area contributed by atoms with E-state index in [-0.39, 0.29) is 16.7 Å². The maximum Gasteiger partial charge on any atom is 0.394 e. The first kappa shape index (κ1) is 14.2. The van der Waals surface area contributed by atoms with Crippen molar-refractivity contribution in [3.05, 3.63) is 28.8 Å². The van der Waals surface area contributed by atoms with Gasteiger partial charge < -0.3 is 4.74 Å². The number of benzene rings is 1. The normalized spacial score (nSPS) is 13.9. The summed E-state index contributed by atoms with van der Waals surface area (Å²) < 4.78 is 30.1. The van der Waals surface area contributed by atoms with Gasteiger partial charge in [-0.05, 0) is 29.5 Å². The summed E-state index contributed by atoms with van der Waals surface area (Å²) in [6.07, 6.45) is -3.22. The van der Waals surface area contributed by atoms with Gasteiger partial charge in [-0.15, -0.1) is 0 Å². The summed E-state index contributed by atoms with van der Waals surface area (Å²) in [7, 11) is 0. The van der Waals surface area contributed by atoms with E-state index in [2.05, 4.69) is 18.6 Å². The maximum atomic E-state index is 12.8. The van der Waals surface area contributed by atoms with E-state index in [1.54, 1.807) is 12.1 Å². The van der Waals surface area contributed by atoms with E-state index in [9.17, 15) is 8.78 Å². The average molecular weight is 263 g/mol. The van der Waals surface area contributed by atoms with Gasteiger partial charge in [0.2, 0.25) is 0 Å². The third kappa shape index (κ3) is 4.15. The number of halogens is 3. The second kappa shape index (κ2) is 5.21. The lowest BCUT2D eigenvalue weighted by molar-refractivity contribution is -0.158. The Balaban J connectivity index is 3.02. The minimum atomic E-state index is -3.22. The van der Waals surface area contributed by atoms with Gasteiger partial charge >= 0.3 is 6.11 Å². The summed E-state index contributed by atoms with van der Waals surface area (Å²) >= 11 is 5.83. The zero-order valence-electron chi connectivity index (χ0n) is 10.4. The van der Waals surface area contributed by atoms with Gasteiger partial charge in [-0.2, -0.15) is 8.78 Å². The van der Waals surface area contributed by atoms with E-state index in [0.29, 0.717) is 12.8 Å². The minimum absolute atomic E-state index is 0.0316. The Morgan fingerprint density at radius 3 is 2.29 bits per heavy atom. The van der Waals surface area contributed by atoms with Crippen molar-refractivity contribution in [2.45, 2.75) is 39.7 Å². The summed E-state index contributed by atoms with van der Waals surface area (Å²) in [6.45, 7) is 6.89. The van der Waals surface area contributed by atoms with Crippen molar-refractivity contribution in [2.24, 2.45) is 5.92 Å². The summed E-state index contributed by atoms with van der Waals surface area (Å²) in [5.74, 6) is 0.718. The predicted molar refractivity (Wildman–Crippen MR) is 66.0 cm³/mol. The molecule has 96 valence electrons. The van der Waals surface area contributed by atoms with Crippen LogP contribution in [0.4, 0.5) is 8.78 Å². The molecule has 0 aromatic heterocycles. The van der Waals surface area contributed by atoms with Crippen LogP contribution in [-0.4, -0.2) is 6.11 Å². The molecule has 0 spiro atoms. The number of ether oxygens (including phenoxy) is 1. The zero-order chi connectivity index (χ0) is 13.2. The molecule has 0 aliphatic heterocycles. The first-order valence-corrected chi connectivity index (χ1v) is 5.95. The van der Waals surface area contributed by atoms with Crippen LogP contribution in [0.25, 0.3) is 0 Å². The average Bonchev–Trinajstić information content (AvgIpc) is 2.18. The predicted octanol–water partition coefficient (Wildman–Crippen LogP) is 5.09. The van der Waals surface area contributed by atoms with Crippen LogP contribution >= 0.6 is 11.6 Å². The van der Waals surface area contributed by atoms with E-state index in [4.69, 9.17) is 11.6 Å². The second-order valence-electron chi connectivity index (χ2n) is 4.63. The molecule has 0 heterocycles. The lowest BCUT2D eigenvalue weighted by Crippen LogP contribution is -2.19. The SMILES string of the molecule is CC(C)C(C)c1ccc(Cl)c(OC(C)(F)F)c1. The Hall–Kier alpha value is -0.830. The minimum Gasteiger partial charge on any atom is -0.431 e. The van der Waals surface area contributed by atoms with Crippen LogP contribution in [0.3, 0.4) is 0 Å². The molecule has 1 atom stereocenters. The Labute approximate surface area is 106 Å². The van der Waals surface area contributed by atoms with Crippen molar-refractivity contribution in [1.82, 2.24) is 0 Å². The van der Waals surface area contributed by atoms with Crippen LogP contribution in [0.2, 0.25) is 5.02 Å². The van der Waals surface area contributed by atoms with Crippen molar-refractivity contribution in [3.63, 3.8) is 0 Å². The van der Waals surface area contributed by atoms with E-state index >= 15 is 0 Å². The quantitative estimate of drug-likeness (QED) is 0.734. The third-order valence-corrected chi connectivity index (χ3v) is 3.08. The smallest absolute Gasteiger partial charge is 0.394 e. The first-order chi connectivity index (χ1) is 7.70. The zero-order valence-corrected chi connectivity index (χ0v) is 11.2. The molecule has 0 aliphatic rings. The Morgan fingerprint density at radius 2 is 1.82 bits per heavy atom. The fraction of sp³-hybridized carbons (Fsp3) is 0.538. The molecule has 0 amide bonds. The van der Waals surface area contributed by atoms with E-state index in [1.165, 1.54) is 0 Å². The highest BCUT2D eigenvalue weighted by Gasteiger charge is 2.25. The molecule has 0 radical (unpaired) electrons. The number of rotatable bonds is 4. The molecule has 4 heteroatoms. The molecule has 17 heavy (non-hydrogen) atoms. The molecule has 1 aromatic carbocycles. The molecule has 1 aromatic rings. The molecule has 0 bridgehead atoms. The molecule has 1 unspecified atom stereocenters. The van der Waals surface area contributed by atoms with Crippen LogP contribution in [-0.2, 0) is 0 Å². The fourth-order valence-electron chi connectivity index (χ4n) is 1.46.